The Bertz CT molecular complexity index is 354. The van der Waals surface area contributed by atoms with E-state index in [2.05, 4.69) is 21.7 Å². The number of rotatable bonds is 1. The van der Waals surface area contributed by atoms with Gasteiger partial charge in [0.25, 0.3) is 5.91 Å². The first-order valence-electron chi connectivity index (χ1n) is 3.08. The molecule has 1 rings (SSSR count). The smallest absolute Gasteiger partial charge is 0.254 e. The van der Waals surface area contributed by atoms with Crippen LogP contribution in [0.25, 0.3) is 0 Å². The Kier molecular flexibility index (Phi) is 2.60. The molecule has 0 aliphatic heterocycles. The third-order valence-electron chi connectivity index (χ3n) is 1.36. The van der Waals surface area contributed by atoms with Crippen LogP contribution in [0.3, 0.4) is 0 Å². The van der Waals surface area contributed by atoms with Crippen LogP contribution in [-0.2, 0) is 0 Å². The summed E-state index contributed by atoms with van der Waals surface area (Å²) in [6, 6.07) is 0.580. The number of hydrogen-bond donors (Lipinski definition) is 1. The predicted molar refractivity (Wildman–Crippen MR) is 42.5 cm³/mol. The Labute approximate surface area is 79.7 Å². The Morgan fingerprint density at radius 1 is 1.31 bits per heavy atom. The molecule has 13 heavy (non-hydrogen) atoms. The van der Waals surface area contributed by atoms with Gasteiger partial charge in [-0.15, -0.1) is 0 Å². The minimum atomic E-state index is -1.58. The third kappa shape index (κ3) is 1.67. The zero-order valence-corrected chi connectivity index (χ0v) is 7.66. The predicted octanol–water partition coefficient (Wildman–Crippen LogP) is 1.97. The van der Waals surface area contributed by atoms with Gasteiger partial charge >= 0.3 is 0 Å². The molecule has 0 aliphatic rings. The molecule has 0 saturated heterocycles. The van der Waals surface area contributed by atoms with E-state index < -0.39 is 28.9 Å². The van der Waals surface area contributed by atoms with Crippen LogP contribution in [0.4, 0.5) is 13.2 Å². The molecule has 1 amide bonds. The van der Waals surface area contributed by atoms with Crippen molar-refractivity contribution < 1.29 is 18.0 Å². The SMILES string of the molecule is NC(=O)c1c(F)c(F)cc(Br)c1F. The number of hydrogen-bond acceptors (Lipinski definition) is 1. The maximum Gasteiger partial charge on any atom is 0.254 e. The van der Waals surface area contributed by atoms with Gasteiger partial charge < -0.3 is 5.73 Å². The van der Waals surface area contributed by atoms with Crippen molar-refractivity contribution in [2.24, 2.45) is 5.73 Å². The van der Waals surface area contributed by atoms with Gasteiger partial charge in [-0.1, -0.05) is 0 Å². The fraction of sp³-hybridized carbons (Fsp3) is 0. The van der Waals surface area contributed by atoms with E-state index in [1.807, 2.05) is 0 Å². The van der Waals surface area contributed by atoms with Gasteiger partial charge in [-0.2, -0.15) is 0 Å². The van der Waals surface area contributed by atoms with Crippen molar-refractivity contribution in [3.05, 3.63) is 33.6 Å². The van der Waals surface area contributed by atoms with Crippen molar-refractivity contribution in [1.29, 1.82) is 0 Å². The first-order chi connectivity index (χ1) is 5.95. The van der Waals surface area contributed by atoms with E-state index in [4.69, 9.17) is 0 Å². The Hall–Kier alpha value is -1.04. The van der Waals surface area contributed by atoms with E-state index in [1.54, 1.807) is 0 Å². The quantitative estimate of drug-likeness (QED) is 0.765. The molecule has 6 heteroatoms. The summed E-state index contributed by atoms with van der Waals surface area (Å²) in [5, 5.41) is 0. The molecule has 1 aromatic carbocycles. The van der Waals surface area contributed by atoms with Gasteiger partial charge in [0.15, 0.2) is 17.5 Å². The van der Waals surface area contributed by atoms with E-state index in [-0.39, 0.29) is 4.47 Å². The highest BCUT2D eigenvalue weighted by Crippen LogP contribution is 2.23. The Morgan fingerprint density at radius 2 is 1.85 bits per heavy atom. The molecule has 0 heterocycles. The minimum Gasteiger partial charge on any atom is -0.365 e. The molecule has 0 atom stereocenters. The molecule has 0 aromatic heterocycles. The molecule has 0 radical (unpaired) electrons. The standard InChI is InChI=1S/C7H3BrF3NO/c8-2-1-3(9)6(11)4(5(2)10)7(12)13/h1H,(H2,12,13). The summed E-state index contributed by atoms with van der Waals surface area (Å²) in [6.45, 7) is 0. The second kappa shape index (κ2) is 3.37. The molecule has 0 aliphatic carbocycles. The zero-order valence-electron chi connectivity index (χ0n) is 6.07. The number of halogens is 4. The summed E-state index contributed by atoms with van der Waals surface area (Å²) in [5.74, 6) is -5.46. The molecular weight excluding hydrogens is 251 g/mol. The van der Waals surface area contributed by atoms with E-state index >= 15 is 0 Å². The monoisotopic (exact) mass is 253 g/mol. The third-order valence-corrected chi connectivity index (χ3v) is 1.94. The van der Waals surface area contributed by atoms with Crippen LogP contribution in [0, 0.1) is 17.5 Å². The largest absolute Gasteiger partial charge is 0.365 e. The maximum atomic E-state index is 12.9. The van der Waals surface area contributed by atoms with Crippen LogP contribution >= 0.6 is 15.9 Å². The van der Waals surface area contributed by atoms with Gasteiger partial charge in [-0.05, 0) is 22.0 Å². The lowest BCUT2D eigenvalue weighted by Crippen LogP contribution is -2.16. The van der Waals surface area contributed by atoms with Crippen molar-refractivity contribution in [2.75, 3.05) is 0 Å². The van der Waals surface area contributed by atoms with Gasteiger partial charge in [0.2, 0.25) is 0 Å². The van der Waals surface area contributed by atoms with E-state index in [0.29, 0.717) is 6.07 Å². The van der Waals surface area contributed by atoms with Gasteiger partial charge in [0.05, 0.1) is 4.47 Å². The first-order valence-corrected chi connectivity index (χ1v) is 3.87. The number of carbonyl (C=O) groups is 1. The zero-order chi connectivity index (χ0) is 10.2. The van der Waals surface area contributed by atoms with Crippen molar-refractivity contribution in [2.45, 2.75) is 0 Å². The molecule has 0 saturated carbocycles. The van der Waals surface area contributed by atoms with Crippen LogP contribution in [0.15, 0.2) is 10.5 Å². The molecule has 0 spiro atoms. The van der Waals surface area contributed by atoms with E-state index in [0.717, 1.165) is 0 Å². The molecular formula is C7H3BrF3NO. The number of carbonyl (C=O) groups excluding carboxylic acids is 1. The highest BCUT2D eigenvalue weighted by Gasteiger charge is 2.21. The summed E-state index contributed by atoms with van der Waals surface area (Å²) in [7, 11) is 0. The number of amides is 1. The summed E-state index contributed by atoms with van der Waals surface area (Å²) in [6.07, 6.45) is 0. The van der Waals surface area contributed by atoms with Gasteiger partial charge in [-0.25, -0.2) is 13.2 Å². The van der Waals surface area contributed by atoms with E-state index in [1.165, 1.54) is 0 Å². The topological polar surface area (TPSA) is 43.1 Å². The van der Waals surface area contributed by atoms with Crippen molar-refractivity contribution in [3.8, 4) is 0 Å². The molecule has 0 fully saturated rings. The van der Waals surface area contributed by atoms with Crippen molar-refractivity contribution in [1.82, 2.24) is 0 Å². The molecule has 1 aromatic rings. The Morgan fingerprint density at radius 3 is 2.31 bits per heavy atom. The number of nitrogens with two attached hydrogens (primary N) is 1. The highest BCUT2D eigenvalue weighted by molar-refractivity contribution is 9.10. The average molecular weight is 254 g/mol. The fourth-order valence-electron chi connectivity index (χ4n) is 0.789. The molecule has 0 bridgehead atoms. The minimum absolute atomic E-state index is 0.347. The van der Waals surface area contributed by atoms with Crippen molar-refractivity contribution >= 4 is 21.8 Å². The van der Waals surface area contributed by atoms with Gasteiger partial charge in [0, 0.05) is 0 Å². The Balaban J connectivity index is 3.56. The molecule has 0 unspecified atom stereocenters. The maximum absolute atomic E-state index is 12.9. The second-order valence-electron chi connectivity index (χ2n) is 2.21. The summed E-state index contributed by atoms with van der Waals surface area (Å²) in [5.41, 5.74) is 3.57. The first kappa shape index (κ1) is 10.0. The molecule has 2 nitrogen and oxygen atoms in total. The normalized spacial score (nSPS) is 10.2. The number of benzene rings is 1. The molecule has 70 valence electrons. The fourth-order valence-corrected chi connectivity index (χ4v) is 1.19. The lowest BCUT2D eigenvalue weighted by molar-refractivity contribution is 0.0991. The van der Waals surface area contributed by atoms with E-state index in [9.17, 15) is 18.0 Å². The summed E-state index contributed by atoms with van der Waals surface area (Å²) >= 11 is 2.61. The highest BCUT2D eigenvalue weighted by atomic mass is 79.9. The van der Waals surface area contributed by atoms with Crippen LogP contribution in [0.5, 0.6) is 0 Å². The summed E-state index contributed by atoms with van der Waals surface area (Å²) in [4.78, 5) is 10.5. The average Bonchev–Trinajstić information content (AvgIpc) is 2.01. The van der Waals surface area contributed by atoms with Crippen LogP contribution < -0.4 is 5.73 Å². The lowest BCUT2D eigenvalue weighted by atomic mass is 10.2. The van der Waals surface area contributed by atoms with Crippen molar-refractivity contribution in [3.63, 3.8) is 0 Å². The van der Waals surface area contributed by atoms with Gasteiger partial charge in [-0.3, -0.25) is 4.79 Å². The van der Waals surface area contributed by atoms with Crippen LogP contribution in [-0.4, -0.2) is 5.91 Å². The van der Waals surface area contributed by atoms with Crippen LogP contribution in [0.2, 0.25) is 0 Å². The second-order valence-corrected chi connectivity index (χ2v) is 3.06. The van der Waals surface area contributed by atoms with Gasteiger partial charge in [0.1, 0.15) is 5.56 Å². The van der Waals surface area contributed by atoms with Crippen LogP contribution in [0.1, 0.15) is 10.4 Å². The summed E-state index contributed by atoms with van der Waals surface area (Å²) < 4.78 is 37.9. The number of primary amides is 1. The lowest BCUT2D eigenvalue weighted by Gasteiger charge is -2.02. The molecule has 2 N–H and O–H groups in total.